The third-order valence-electron chi connectivity index (χ3n) is 5.34. The molecule has 1 fully saturated rings. The zero-order valence-corrected chi connectivity index (χ0v) is 17.9. The summed E-state index contributed by atoms with van der Waals surface area (Å²) < 4.78 is 24.2. The molecule has 2 aliphatic rings. The van der Waals surface area contributed by atoms with Gasteiger partial charge in [0.2, 0.25) is 0 Å². The Morgan fingerprint density at radius 3 is 2.61 bits per heavy atom. The smallest absolute Gasteiger partial charge is 0.338 e. The topological polar surface area (TPSA) is 75.5 Å². The molecule has 1 saturated heterocycles. The van der Waals surface area contributed by atoms with Gasteiger partial charge in [-0.25, -0.2) is 14.2 Å². The number of carbonyl (C=O) groups is 1. The highest BCUT2D eigenvalue weighted by Crippen LogP contribution is 2.38. The minimum Gasteiger partial charge on any atom is -0.466 e. The summed E-state index contributed by atoms with van der Waals surface area (Å²) in [6.07, 6.45) is 2.96. The van der Waals surface area contributed by atoms with E-state index in [9.17, 15) is 9.18 Å². The Bertz CT molecular complexity index is 946. The van der Waals surface area contributed by atoms with Crippen molar-refractivity contribution in [1.29, 1.82) is 0 Å². The monoisotopic (exact) mass is 426 g/mol. The molecule has 1 aromatic carbocycles. The van der Waals surface area contributed by atoms with E-state index in [0.717, 1.165) is 13.1 Å². The number of aliphatic imine (C=N–C) groups is 2. The summed E-state index contributed by atoms with van der Waals surface area (Å²) in [4.78, 5) is 24.2. The van der Waals surface area contributed by atoms with Crippen LogP contribution in [0, 0.1) is 5.82 Å². The number of benzene rings is 1. The lowest BCUT2D eigenvalue weighted by Crippen LogP contribution is -2.48. The fourth-order valence-electron chi connectivity index (χ4n) is 3.75. The van der Waals surface area contributed by atoms with Crippen molar-refractivity contribution >= 4 is 17.5 Å². The van der Waals surface area contributed by atoms with Gasteiger partial charge in [-0.3, -0.25) is 9.89 Å². The van der Waals surface area contributed by atoms with Crippen LogP contribution in [0.3, 0.4) is 0 Å². The first-order chi connectivity index (χ1) is 14.9. The number of ether oxygens (including phenoxy) is 2. The predicted molar refractivity (Wildman–Crippen MR) is 118 cm³/mol. The standard InChI is InChI=1S/C23H27FN4O3/c1-5-18(25-6-2)21-26-19(15-28-11-13-31-14-12-28)20(22(29)30-4)23(3,27-21)16-7-9-17(24)10-8-16/h5-10H,1-2,11-15H2,3-4H3,(H,26,27). The third-order valence-corrected chi connectivity index (χ3v) is 5.34. The second kappa shape index (κ2) is 9.80. The van der Waals surface area contributed by atoms with Gasteiger partial charge in [-0.2, -0.15) is 0 Å². The molecule has 1 N–H and O–H groups in total. The number of halogens is 1. The van der Waals surface area contributed by atoms with E-state index in [-0.39, 0.29) is 5.82 Å². The summed E-state index contributed by atoms with van der Waals surface area (Å²) in [7, 11) is 1.33. The first kappa shape index (κ1) is 22.6. The quantitative estimate of drug-likeness (QED) is 0.536. The Hall–Kier alpha value is -3.10. The molecule has 7 nitrogen and oxygen atoms in total. The third kappa shape index (κ3) is 4.81. The van der Waals surface area contributed by atoms with Gasteiger partial charge in [-0.15, -0.1) is 0 Å². The average molecular weight is 426 g/mol. The number of rotatable bonds is 7. The molecule has 0 aromatic heterocycles. The zero-order chi connectivity index (χ0) is 22.4. The van der Waals surface area contributed by atoms with Crippen molar-refractivity contribution in [2.24, 2.45) is 9.98 Å². The predicted octanol–water partition coefficient (Wildman–Crippen LogP) is 2.57. The summed E-state index contributed by atoms with van der Waals surface area (Å²) in [6, 6.07) is 5.94. The van der Waals surface area contributed by atoms with Crippen LogP contribution in [-0.2, 0) is 19.8 Å². The van der Waals surface area contributed by atoms with E-state index in [4.69, 9.17) is 14.5 Å². The second-order valence-corrected chi connectivity index (χ2v) is 7.30. The highest BCUT2D eigenvalue weighted by atomic mass is 19.1. The molecule has 0 amide bonds. The number of methoxy groups -OCH3 is 1. The summed E-state index contributed by atoms with van der Waals surface area (Å²) in [5.41, 5.74) is 0.998. The fourth-order valence-corrected chi connectivity index (χ4v) is 3.75. The maximum Gasteiger partial charge on any atom is 0.338 e. The lowest BCUT2D eigenvalue weighted by molar-refractivity contribution is -0.137. The van der Waals surface area contributed by atoms with Crippen molar-refractivity contribution in [3.05, 3.63) is 72.4 Å². The van der Waals surface area contributed by atoms with Gasteiger partial charge in [0.15, 0.2) is 5.84 Å². The molecule has 0 saturated carbocycles. The van der Waals surface area contributed by atoms with E-state index in [1.807, 2.05) is 0 Å². The molecule has 1 unspecified atom stereocenters. The average Bonchev–Trinajstić information content (AvgIpc) is 2.77. The van der Waals surface area contributed by atoms with Gasteiger partial charge >= 0.3 is 5.97 Å². The number of nitrogens with one attached hydrogen (secondary N) is 1. The van der Waals surface area contributed by atoms with Crippen molar-refractivity contribution in [3.63, 3.8) is 0 Å². The largest absolute Gasteiger partial charge is 0.466 e. The van der Waals surface area contributed by atoms with Gasteiger partial charge in [0.25, 0.3) is 0 Å². The Balaban J connectivity index is 2.18. The van der Waals surface area contributed by atoms with Crippen molar-refractivity contribution in [3.8, 4) is 0 Å². The maximum absolute atomic E-state index is 13.6. The summed E-state index contributed by atoms with van der Waals surface area (Å²) in [5, 5.41) is 3.26. The number of amidine groups is 1. The van der Waals surface area contributed by atoms with Gasteiger partial charge < -0.3 is 14.8 Å². The Morgan fingerprint density at radius 2 is 2.03 bits per heavy atom. The highest BCUT2D eigenvalue weighted by Gasteiger charge is 2.42. The number of esters is 1. The molecule has 0 aliphatic carbocycles. The molecule has 164 valence electrons. The van der Waals surface area contributed by atoms with Crippen molar-refractivity contribution in [2.45, 2.75) is 12.5 Å². The minimum atomic E-state index is -1.13. The van der Waals surface area contributed by atoms with Gasteiger partial charge in [0, 0.05) is 31.5 Å². The van der Waals surface area contributed by atoms with Crippen LogP contribution in [-0.4, -0.2) is 62.4 Å². The number of carbonyl (C=O) groups excluding carboxylic acids is 1. The van der Waals surface area contributed by atoms with Crippen LogP contribution < -0.4 is 5.32 Å². The van der Waals surface area contributed by atoms with Crippen LogP contribution in [0.5, 0.6) is 0 Å². The Kier molecular flexibility index (Phi) is 7.14. The molecule has 0 spiro atoms. The van der Waals surface area contributed by atoms with E-state index in [2.05, 4.69) is 28.4 Å². The van der Waals surface area contributed by atoms with Crippen molar-refractivity contribution < 1.29 is 18.7 Å². The first-order valence-corrected chi connectivity index (χ1v) is 9.99. The van der Waals surface area contributed by atoms with Crippen LogP contribution in [0.15, 0.2) is 71.0 Å². The summed E-state index contributed by atoms with van der Waals surface area (Å²) in [5.74, 6) is -0.438. The van der Waals surface area contributed by atoms with Crippen LogP contribution in [0.2, 0.25) is 0 Å². The van der Waals surface area contributed by atoms with Crippen LogP contribution in [0.25, 0.3) is 0 Å². The zero-order valence-electron chi connectivity index (χ0n) is 17.9. The first-order valence-electron chi connectivity index (χ1n) is 9.99. The number of morpholine rings is 1. The Labute approximate surface area is 181 Å². The molecule has 8 heteroatoms. The lowest BCUT2D eigenvalue weighted by Gasteiger charge is -2.37. The maximum atomic E-state index is 13.6. The van der Waals surface area contributed by atoms with E-state index in [1.165, 1.54) is 25.4 Å². The van der Waals surface area contributed by atoms with Crippen LogP contribution >= 0.6 is 0 Å². The van der Waals surface area contributed by atoms with Gasteiger partial charge in [0.05, 0.1) is 25.9 Å². The minimum absolute atomic E-state index is 0.360. The molecule has 1 aromatic rings. The van der Waals surface area contributed by atoms with Gasteiger partial charge in [-0.05, 0) is 30.7 Å². The van der Waals surface area contributed by atoms with Crippen LogP contribution in [0.4, 0.5) is 4.39 Å². The molecule has 31 heavy (non-hydrogen) atoms. The molecule has 2 heterocycles. The SMILES string of the molecule is C=CN=C(C=C)C1=NC(C)(c2ccc(F)cc2)C(C(=O)OC)=C(CN2CCOCC2)N1. The van der Waals surface area contributed by atoms with Crippen molar-refractivity contribution in [2.75, 3.05) is 40.0 Å². The Morgan fingerprint density at radius 1 is 1.35 bits per heavy atom. The van der Waals surface area contributed by atoms with Gasteiger partial charge in [0.1, 0.15) is 17.1 Å². The summed E-state index contributed by atoms with van der Waals surface area (Å²) >= 11 is 0. The number of nitrogens with zero attached hydrogens (tertiary/aromatic N) is 3. The van der Waals surface area contributed by atoms with Gasteiger partial charge in [-0.1, -0.05) is 25.3 Å². The van der Waals surface area contributed by atoms with E-state index in [0.29, 0.717) is 48.1 Å². The van der Waals surface area contributed by atoms with Crippen molar-refractivity contribution in [1.82, 2.24) is 10.2 Å². The molecule has 2 aliphatic heterocycles. The van der Waals surface area contributed by atoms with Crippen LogP contribution in [0.1, 0.15) is 12.5 Å². The van der Waals surface area contributed by atoms with E-state index in [1.54, 1.807) is 25.1 Å². The second-order valence-electron chi connectivity index (χ2n) is 7.30. The summed E-state index contributed by atoms with van der Waals surface area (Å²) in [6.45, 7) is 12.4. The fraction of sp³-hybridized carbons (Fsp3) is 0.348. The van der Waals surface area contributed by atoms with E-state index >= 15 is 0 Å². The molecule has 0 bridgehead atoms. The number of hydrogen-bond donors (Lipinski definition) is 1. The number of hydrogen-bond acceptors (Lipinski definition) is 7. The molecular weight excluding hydrogens is 399 g/mol. The molecule has 3 rings (SSSR count). The van der Waals surface area contributed by atoms with E-state index < -0.39 is 11.5 Å². The molecule has 0 radical (unpaired) electrons. The molecular formula is C23H27FN4O3. The highest BCUT2D eigenvalue weighted by molar-refractivity contribution is 6.46. The normalized spacial score (nSPS) is 22.4. The molecule has 1 atom stereocenters. The lowest BCUT2D eigenvalue weighted by atomic mass is 9.82.